The van der Waals surface area contributed by atoms with Gasteiger partial charge in [0.25, 0.3) is 0 Å². The van der Waals surface area contributed by atoms with Crippen LogP contribution < -0.4 is 0 Å². The van der Waals surface area contributed by atoms with Gasteiger partial charge in [-0.25, -0.2) is 0 Å². The molecule has 0 aromatic heterocycles. The molecular weight excluding hydrogens is 236 g/mol. The van der Waals surface area contributed by atoms with Crippen LogP contribution in [0.25, 0.3) is 0 Å². The minimum absolute atomic E-state index is 1.19. The molecule has 0 unspecified atom stereocenters. The first-order chi connectivity index (χ1) is 6.84. The largest absolute Gasteiger partial charge is 0.0654 e. The Balaban J connectivity index is 2.21. The van der Waals surface area contributed by atoms with Crippen molar-refractivity contribution < 1.29 is 0 Å². The van der Waals surface area contributed by atoms with E-state index in [1.807, 2.05) is 12.1 Å². The summed E-state index contributed by atoms with van der Waals surface area (Å²) in [7, 11) is 0. The van der Waals surface area contributed by atoms with E-state index in [1.54, 1.807) is 0 Å². The average molecular weight is 254 g/mol. The Hall–Kier alpha value is -0.300. The van der Waals surface area contributed by atoms with Gasteiger partial charge in [0.15, 0.2) is 0 Å². The lowest BCUT2D eigenvalue weighted by molar-refractivity contribution is 0.631. The molecule has 0 nitrogen and oxygen atoms in total. The molecule has 1 heteroatoms. The number of aryl methyl sites for hydroxylation is 1. The minimum atomic E-state index is 1.19. The van der Waals surface area contributed by atoms with Crippen molar-refractivity contribution in [2.24, 2.45) is 0 Å². The van der Waals surface area contributed by atoms with Gasteiger partial charge in [-0.2, -0.15) is 0 Å². The van der Waals surface area contributed by atoms with Gasteiger partial charge in [-0.1, -0.05) is 60.7 Å². The molecule has 1 radical (unpaired) electrons. The fourth-order valence-electron chi connectivity index (χ4n) is 1.56. The SMILES string of the molecule is CCCCCCCc1cc[c]cc1Br. The number of benzene rings is 1. The zero-order valence-corrected chi connectivity index (χ0v) is 10.4. The summed E-state index contributed by atoms with van der Waals surface area (Å²) in [5.41, 5.74) is 1.42. The molecule has 1 aromatic rings. The second-order valence-corrected chi connectivity index (χ2v) is 4.54. The quantitative estimate of drug-likeness (QED) is 0.642. The first-order valence-corrected chi connectivity index (χ1v) is 6.28. The van der Waals surface area contributed by atoms with Gasteiger partial charge in [-0.15, -0.1) is 0 Å². The third kappa shape index (κ3) is 4.28. The highest BCUT2D eigenvalue weighted by Crippen LogP contribution is 2.18. The Bertz CT molecular complexity index is 255. The molecule has 0 aliphatic carbocycles. The molecule has 0 N–H and O–H groups in total. The molecule has 1 aromatic carbocycles. The van der Waals surface area contributed by atoms with Crippen LogP contribution in [0.5, 0.6) is 0 Å². The molecule has 0 saturated carbocycles. The van der Waals surface area contributed by atoms with Crippen LogP contribution >= 0.6 is 15.9 Å². The Morgan fingerprint density at radius 3 is 2.71 bits per heavy atom. The Morgan fingerprint density at radius 2 is 2.00 bits per heavy atom. The molecule has 0 fully saturated rings. The van der Waals surface area contributed by atoms with Crippen molar-refractivity contribution in [3.63, 3.8) is 0 Å². The highest BCUT2D eigenvalue weighted by molar-refractivity contribution is 9.10. The molecule has 0 bridgehead atoms. The van der Waals surface area contributed by atoms with Crippen LogP contribution in [-0.2, 0) is 6.42 Å². The number of rotatable bonds is 6. The maximum atomic E-state index is 3.55. The molecule has 0 atom stereocenters. The molecular formula is C13H18Br. The smallest absolute Gasteiger partial charge is 0.0213 e. The topological polar surface area (TPSA) is 0 Å². The van der Waals surface area contributed by atoms with Crippen molar-refractivity contribution in [2.75, 3.05) is 0 Å². The Kier molecular flexibility index (Phi) is 5.93. The van der Waals surface area contributed by atoms with Gasteiger partial charge >= 0.3 is 0 Å². The third-order valence-electron chi connectivity index (χ3n) is 2.45. The van der Waals surface area contributed by atoms with Gasteiger partial charge in [-0.05, 0) is 30.5 Å². The standard InChI is InChI=1S/C13H18Br/c1-2-3-4-5-6-9-12-10-7-8-11-13(12)14/h7,10-11H,2-6,9H2,1H3. The van der Waals surface area contributed by atoms with Crippen LogP contribution in [0, 0.1) is 6.07 Å². The molecule has 14 heavy (non-hydrogen) atoms. The van der Waals surface area contributed by atoms with E-state index in [1.165, 1.54) is 48.6 Å². The predicted molar refractivity (Wildman–Crippen MR) is 65.4 cm³/mol. The van der Waals surface area contributed by atoms with Crippen LogP contribution in [0.1, 0.15) is 44.6 Å². The number of unbranched alkanes of at least 4 members (excludes halogenated alkanes) is 4. The maximum absolute atomic E-state index is 3.55. The maximum Gasteiger partial charge on any atom is 0.0213 e. The van der Waals surface area contributed by atoms with Crippen LogP contribution in [0.2, 0.25) is 0 Å². The molecule has 0 heterocycles. The number of hydrogen-bond acceptors (Lipinski definition) is 0. The summed E-state index contributed by atoms with van der Waals surface area (Å²) in [6.45, 7) is 2.25. The molecule has 0 amide bonds. The van der Waals surface area contributed by atoms with Crippen LogP contribution in [-0.4, -0.2) is 0 Å². The highest BCUT2D eigenvalue weighted by Gasteiger charge is 1.97. The van der Waals surface area contributed by atoms with E-state index < -0.39 is 0 Å². The average Bonchev–Trinajstić information content (AvgIpc) is 2.20. The van der Waals surface area contributed by atoms with Crippen molar-refractivity contribution >= 4 is 15.9 Å². The van der Waals surface area contributed by atoms with Crippen molar-refractivity contribution in [2.45, 2.75) is 45.4 Å². The van der Waals surface area contributed by atoms with E-state index in [4.69, 9.17) is 0 Å². The van der Waals surface area contributed by atoms with Gasteiger partial charge in [0.05, 0.1) is 0 Å². The molecule has 0 aliphatic rings. The number of hydrogen-bond donors (Lipinski definition) is 0. The van der Waals surface area contributed by atoms with Crippen molar-refractivity contribution in [3.8, 4) is 0 Å². The summed E-state index contributed by atoms with van der Waals surface area (Å²) < 4.78 is 1.20. The minimum Gasteiger partial charge on any atom is -0.0654 e. The third-order valence-corrected chi connectivity index (χ3v) is 3.19. The summed E-state index contributed by atoms with van der Waals surface area (Å²) in [4.78, 5) is 0. The lowest BCUT2D eigenvalue weighted by atomic mass is 10.1. The summed E-state index contributed by atoms with van der Waals surface area (Å²) >= 11 is 3.55. The van der Waals surface area contributed by atoms with Crippen molar-refractivity contribution in [1.29, 1.82) is 0 Å². The normalized spacial score (nSPS) is 10.4. The lowest BCUT2D eigenvalue weighted by Crippen LogP contribution is -1.87. The van der Waals surface area contributed by atoms with E-state index in [2.05, 4.69) is 35.0 Å². The second-order valence-electron chi connectivity index (χ2n) is 3.68. The first kappa shape index (κ1) is 11.8. The van der Waals surface area contributed by atoms with E-state index in [9.17, 15) is 0 Å². The monoisotopic (exact) mass is 253 g/mol. The van der Waals surface area contributed by atoms with Gasteiger partial charge in [0.1, 0.15) is 0 Å². The zero-order valence-electron chi connectivity index (χ0n) is 8.85. The molecule has 0 saturated heterocycles. The molecule has 0 spiro atoms. The summed E-state index contributed by atoms with van der Waals surface area (Å²) in [5, 5.41) is 0. The zero-order chi connectivity index (χ0) is 10.2. The Morgan fingerprint density at radius 1 is 1.21 bits per heavy atom. The summed E-state index contributed by atoms with van der Waals surface area (Å²) in [6, 6.07) is 9.22. The van der Waals surface area contributed by atoms with Crippen molar-refractivity contribution in [1.82, 2.24) is 0 Å². The van der Waals surface area contributed by atoms with Crippen molar-refractivity contribution in [3.05, 3.63) is 34.3 Å². The lowest BCUT2D eigenvalue weighted by Gasteiger charge is -2.03. The molecule has 0 aliphatic heterocycles. The van der Waals surface area contributed by atoms with Gasteiger partial charge in [0.2, 0.25) is 0 Å². The van der Waals surface area contributed by atoms with E-state index >= 15 is 0 Å². The highest BCUT2D eigenvalue weighted by atomic mass is 79.9. The fraction of sp³-hybridized carbons (Fsp3) is 0.538. The summed E-state index contributed by atoms with van der Waals surface area (Å²) in [5.74, 6) is 0. The molecule has 77 valence electrons. The van der Waals surface area contributed by atoms with Gasteiger partial charge in [0, 0.05) is 4.47 Å². The van der Waals surface area contributed by atoms with E-state index in [-0.39, 0.29) is 0 Å². The molecule has 1 rings (SSSR count). The summed E-state index contributed by atoms with van der Waals surface area (Å²) in [6.07, 6.45) is 7.95. The van der Waals surface area contributed by atoms with Crippen LogP contribution in [0.15, 0.2) is 22.7 Å². The van der Waals surface area contributed by atoms with Crippen LogP contribution in [0.4, 0.5) is 0 Å². The van der Waals surface area contributed by atoms with E-state index in [0.717, 1.165) is 0 Å². The fourth-order valence-corrected chi connectivity index (χ4v) is 2.03. The first-order valence-electron chi connectivity index (χ1n) is 5.49. The Labute approximate surface area is 95.9 Å². The van der Waals surface area contributed by atoms with Gasteiger partial charge in [-0.3, -0.25) is 0 Å². The number of halogens is 1. The van der Waals surface area contributed by atoms with E-state index in [0.29, 0.717) is 0 Å². The van der Waals surface area contributed by atoms with Crippen LogP contribution in [0.3, 0.4) is 0 Å². The second kappa shape index (κ2) is 7.05. The van der Waals surface area contributed by atoms with Gasteiger partial charge < -0.3 is 0 Å². The predicted octanol–water partition coefficient (Wildman–Crippen LogP) is 4.76.